The highest BCUT2D eigenvalue weighted by atomic mass is 32.1. The number of fused-ring (bicyclic) bond motifs is 2. The Bertz CT molecular complexity index is 1480. The molecule has 1 aliphatic heterocycles. The van der Waals surface area contributed by atoms with Crippen molar-refractivity contribution in [3.8, 4) is 0 Å². The molecule has 3 amide bonds. The minimum atomic E-state index is -0.434. The molecule has 1 radical (unpaired) electrons. The molecule has 9 heteroatoms. The summed E-state index contributed by atoms with van der Waals surface area (Å²) in [5.41, 5.74) is 7.52. The van der Waals surface area contributed by atoms with Crippen LogP contribution in [0.3, 0.4) is 0 Å². The van der Waals surface area contributed by atoms with Crippen LogP contribution in [0.25, 0.3) is 10.8 Å². The highest BCUT2D eigenvalue weighted by molar-refractivity contribution is 7.80. The first-order valence-corrected chi connectivity index (χ1v) is 12.5. The first-order valence-electron chi connectivity index (χ1n) is 12.1. The van der Waals surface area contributed by atoms with E-state index in [1.807, 2.05) is 36.4 Å². The van der Waals surface area contributed by atoms with E-state index in [1.165, 1.54) is 4.90 Å². The fraction of sp³-hybridized carbons (Fsp3) is 0.138. The maximum Gasteiger partial charge on any atom is 0.288 e. The van der Waals surface area contributed by atoms with Crippen LogP contribution in [-0.2, 0) is 6.42 Å². The summed E-state index contributed by atoms with van der Waals surface area (Å²) < 4.78 is 0. The van der Waals surface area contributed by atoms with Crippen LogP contribution < -0.4 is 16.2 Å². The maximum atomic E-state index is 12.8. The summed E-state index contributed by atoms with van der Waals surface area (Å²) in [5, 5.41) is 4.97. The number of pyridine rings is 1. The second kappa shape index (κ2) is 11.2. The number of carbonyl (C=O) groups excluding carboxylic acids is 3. The van der Waals surface area contributed by atoms with Crippen molar-refractivity contribution in [2.45, 2.75) is 18.9 Å². The van der Waals surface area contributed by atoms with E-state index in [0.717, 1.165) is 10.9 Å². The van der Waals surface area contributed by atoms with Gasteiger partial charge in [0.05, 0.1) is 11.1 Å². The van der Waals surface area contributed by atoms with Gasteiger partial charge in [-0.1, -0.05) is 54.6 Å². The number of thiocarbonyl (C=S) groups is 1. The first-order chi connectivity index (χ1) is 18.5. The molecule has 8 nitrogen and oxygen atoms in total. The molecule has 0 spiro atoms. The zero-order chi connectivity index (χ0) is 26.5. The van der Waals surface area contributed by atoms with Gasteiger partial charge in [-0.2, -0.15) is 0 Å². The molecule has 0 bridgehead atoms. The largest absolute Gasteiger partial charge is 0.358 e. The molecule has 0 saturated heterocycles. The van der Waals surface area contributed by atoms with Crippen LogP contribution in [-0.4, -0.2) is 45.3 Å². The standard InChI is InChI=1S/C29H24N5O3S/c35-26(25-22-11-5-4-10-20(22)14-16-30-25)32-33-29(38)31-21(18-19-8-2-1-3-9-19)15-17-34-27(36)23-12-6-7-13-24(23)28(34)37/h1-3,5-14,16,21H,15,17-18H2,(H,32,35)(H2,31,33,38). The number of nitrogens with one attached hydrogen (secondary N) is 3. The fourth-order valence-electron chi connectivity index (χ4n) is 4.48. The molecule has 38 heavy (non-hydrogen) atoms. The summed E-state index contributed by atoms with van der Waals surface area (Å²) in [5.74, 6) is -1.02. The second-order valence-corrected chi connectivity index (χ2v) is 9.25. The topological polar surface area (TPSA) is 103 Å². The average molecular weight is 523 g/mol. The third-order valence-electron chi connectivity index (χ3n) is 6.35. The molecule has 3 N–H and O–H groups in total. The van der Waals surface area contributed by atoms with Gasteiger partial charge < -0.3 is 5.32 Å². The van der Waals surface area contributed by atoms with Gasteiger partial charge in [0.15, 0.2) is 5.11 Å². The molecule has 1 aliphatic rings. The quantitative estimate of drug-likeness (QED) is 0.194. The molecule has 0 fully saturated rings. The third kappa shape index (κ3) is 5.37. The summed E-state index contributed by atoms with van der Waals surface area (Å²) >= 11 is 5.45. The van der Waals surface area contributed by atoms with Gasteiger partial charge in [0, 0.05) is 24.2 Å². The molecular formula is C29H24N5O3S. The summed E-state index contributed by atoms with van der Waals surface area (Å²) in [7, 11) is 0. The Morgan fingerprint density at radius 2 is 1.66 bits per heavy atom. The van der Waals surface area contributed by atoms with Gasteiger partial charge >= 0.3 is 0 Å². The Morgan fingerprint density at radius 1 is 0.947 bits per heavy atom. The van der Waals surface area contributed by atoms with E-state index in [9.17, 15) is 14.4 Å². The lowest BCUT2D eigenvalue weighted by molar-refractivity contribution is 0.0648. The van der Waals surface area contributed by atoms with Crippen LogP contribution in [0.4, 0.5) is 0 Å². The van der Waals surface area contributed by atoms with E-state index in [-0.39, 0.29) is 35.2 Å². The Labute approximate surface area is 225 Å². The lowest BCUT2D eigenvalue weighted by Crippen LogP contribution is -2.51. The van der Waals surface area contributed by atoms with Crippen LogP contribution >= 0.6 is 12.2 Å². The zero-order valence-corrected chi connectivity index (χ0v) is 21.1. The van der Waals surface area contributed by atoms with Gasteiger partial charge in [-0.3, -0.25) is 35.1 Å². The predicted molar refractivity (Wildman–Crippen MR) is 147 cm³/mol. The summed E-state index contributed by atoms with van der Waals surface area (Å²) in [6, 6.07) is 26.5. The van der Waals surface area contributed by atoms with Crippen LogP contribution in [0.15, 0.2) is 85.1 Å². The molecular weight excluding hydrogens is 498 g/mol. The van der Waals surface area contributed by atoms with E-state index in [1.54, 1.807) is 48.7 Å². The van der Waals surface area contributed by atoms with Crippen molar-refractivity contribution < 1.29 is 14.4 Å². The minimum absolute atomic E-state index is 0.204. The highest BCUT2D eigenvalue weighted by Crippen LogP contribution is 2.23. The molecule has 1 unspecified atom stereocenters. The molecule has 5 rings (SSSR count). The Morgan fingerprint density at radius 3 is 2.39 bits per heavy atom. The number of aromatic nitrogens is 1. The van der Waals surface area contributed by atoms with Gasteiger partial charge in [0.1, 0.15) is 5.69 Å². The molecule has 2 heterocycles. The Balaban J connectivity index is 1.23. The van der Waals surface area contributed by atoms with Crippen molar-refractivity contribution in [1.29, 1.82) is 0 Å². The summed E-state index contributed by atoms with van der Waals surface area (Å²) in [4.78, 5) is 43.9. The summed E-state index contributed by atoms with van der Waals surface area (Å²) in [6.07, 6.45) is 2.62. The van der Waals surface area contributed by atoms with Crippen molar-refractivity contribution in [3.63, 3.8) is 0 Å². The van der Waals surface area contributed by atoms with Crippen molar-refractivity contribution >= 4 is 45.8 Å². The summed E-state index contributed by atoms with van der Waals surface area (Å²) in [6.45, 7) is 0.225. The van der Waals surface area contributed by atoms with Crippen molar-refractivity contribution in [2.24, 2.45) is 0 Å². The molecule has 0 saturated carbocycles. The highest BCUT2D eigenvalue weighted by Gasteiger charge is 2.35. The van der Waals surface area contributed by atoms with E-state index < -0.39 is 5.91 Å². The predicted octanol–water partition coefficient (Wildman–Crippen LogP) is 3.44. The van der Waals surface area contributed by atoms with Crippen LogP contribution in [0.5, 0.6) is 0 Å². The first kappa shape index (κ1) is 25.0. The molecule has 1 aromatic heterocycles. The van der Waals surface area contributed by atoms with Gasteiger partial charge in [0.2, 0.25) is 0 Å². The van der Waals surface area contributed by atoms with Crippen LogP contribution in [0, 0.1) is 6.07 Å². The number of rotatable bonds is 7. The molecule has 0 aliphatic carbocycles. The molecule has 189 valence electrons. The number of amides is 3. The molecule has 4 aromatic rings. The smallest absolute Gasteiger partial charge is 0.288 e. The van der Waals surface area contributed by atoms with Crippen molar-refractivity contribution in [1.82, 2.24) is 26.1 Å². The Kier molecular flexibility index (Phi) is 7.37. The zero-order valence-electron chi connectivity index (χ0n) is 20.3. The second-order valence-electron chi connectivity index (χ2n) is 8.84. The number of hydrogen-bond acceptors (Lipinski definition) is 5. The fourth-order valence-corrected chi connectivity index (χ4v) is 4.70. The van der Waals surface area contributed by atoms with E-state index in [4.69, 9.17) is 12.2 Å². The van der Waals surface area contributed by atoms with Gasteiger partial charge in [-0.25, -0.2) is 0 Å². The lowest BCUT2D eigenvalue weighted by atomic mass is 10.0. The van der Waals surface area contributed by atoms with E-state index in [0.29, 0.717) is 29.4 Å². The minimum Gasteiger partial charge on any atom is -0.358 e. The molecule has 3 aromatic carbocycles. The van der Waals surface area contributed by atoms with Crippen molar-refractivity contribution in [3.05, 3.63) is 114 Å². The number of hydrogen-bond donors (Lipinski definition) is 3. The molecule has 1 atom stereocenters. The number of benzene rings is 3. The van der Waals surface area contributed by atoms with Crippen LogP contribution in [0.1, 0.15) is 43.2 Å². The van der Waals surface area contributed by atoms with E-state index in [2.05, 4.69) is 27.2 Å². The van der Waals surface area contributed by atoms with Crippen molar-refractivity contribution in [2.75, 3.05) is 6.54 Å². The van der Waals surface area contributed by atoms with Gasteiger partial charge in [-0.15, -0.1) is 0 Å². The lowest BCUT2D eigenvalue weighted by Gasteiger charge is -2.23. The van der Waals surface area contributed by atoms with Crippen LogP contribution in [0.2, 0.25) is 0 Å². The third-order valence-corrected chi connectivity index (χ3v) is 6.57. The van der Waals surface area contributed by atoms with E-state index >= 15 is 0 Å². The average Bonchev–Trinajstić information content (AvgIpc) is 3.19. The number of hydrazine groups is 1. The maximum absolute atomic E-state index is 12.8. The number of carbonyl (C=O) groups is 3. The SMILES string of the molecule is O=C(NNC(=S)NC(CCN1C(=O)c2ccccc2C1=O)Cc1ccccc1)c1nccc2c[c]ccc12. The van der Waals surface area contributed by atoms with Gasteiger partial charge in [-0.05, 0) is 66.3 Å². The monoisotopic (exact) mass is 522 g/mol. The normalized spacial score (nSPS) is 13.2. The van der Waals surface area contributed by atoms with Gasteiger partial charge in [0.25, 0.3) is 17.7 Å². The Hall–Kier alpha value is -4.63. The number of imide groups is 1. The number of nitrogens with zero attached hydrogens (tertiary/aromatic N) is 2.